The summed E-state index contributed by atoms with van der Waals surface area (Å²) in [6, 6.07) is 15.5. The van der Waals surface area contributed by atoms with E-state index in [4.69, 9.17) is 9.47 Å². The van der Waals surface area contributed by atoms with Crippen molar-refractivity contribution in [2.24, 2.45) is 0 Å². The first kappa shape index (κ1) is 26.4. The maximum atomic E-state index is 12.9. The number of carbonyl (C=O) groups is 1. The number of hydrogen-bond donors (Lipinski definition) is 1. The van der Waals surface area contributed by atoms with Gasteiger partial charge in [0.15, 0.2) is 11.5 Å². The Kier molecular flexibility index (Phi) is 8.05. The first-order chi connectivity index (χ1) is 17.0. The molecule has 1 amide bonds. The Balaban J connectivity index is 1.78. The van der Waals surface area contributed by atoms with Gasteiger partial charge in [-0.1, -0.05) is 35.9 Å². The van der Waals surface area contributed by atoms with Gasteiger partial charge in [0.2, 0.25) is 0 Å². The van der Waals surface area contributed by atoms with Crippen molar-refractivity contribution in [2.75, 3.05) is 12.4 Å². The number of hydrogen-bond acceptors (Lipinski definition) is 4. The molecular weight excluding hydrogens is 469 g/mol. The molecular formula is C28H25F3N2O3. The minimum atomic E-state index is -4.44. The molecule has 0 aliphatic rings. The van der Waals surface area contributed by atoms with Crippen LogP contribution in [0.4, 0.5) is 18.9 Å². The Hall–Kier alpha value is -4.25. The number of anilines is 1. The van der Waals surface area contributed by atoms with Crippen LogP contribution in [-0.4, -0.2) is 13.0 Å². The van der Waals surface area contributed by atoms with E-state index in [0.29, 0.717) is 28.3 Å². The van der Waals surface area contributed by atoms with Gasteiger partial charge in [0.1, 0.15) is 18.2 Å². The van der Waals surface area contributed by atoms with Crippen LogP contribution in [0.3, 0.4) is 0 Å². The smallest absolute Gasteiger partial charge is 0.416 e. The van der Waals surface area contributed by atoms with Gasteiger partial charge in [-0.3, -0.25) is 4.79 Å². The van der Waals surface area contributed by atoms with Crippen LogP contribution in [0.5, 0.6) is 11.5 Å². The topological polar surface area (TPSA) is 71.3 Å². The number of nitrogens with zero attached hydrogens (tertiary/aromatic N) is 1. The van der Waals surface area contributed by atoms with Crippen molar-refractivity contribution in [1.82, 2.24) is 0 Å². The number of carbonyl (C=O) groups excluding carboxylic acids is 1. The third-order valence-corrected chi connectivity index (χ3v) is 5.43. The van der Waals surface area contributed by atoms with Crippen LogP contribution < -0.4 is 14.8 Å². The predicted molar refractivity (Wildman–Crippen MR) is 132 cm³/mol. The Morgan fingerprint density at radius 2 is 1.72 bits per heavy atom. The second-order valence-corrected chi connectivity index (χ2v) is 8.29. The summed E-state index contributed by atoms with van der Waals surface area (Å²) in [4.78, 5) is 12.8. The Morgan fingerprint density at radius 1 is 1.03 bits per heavy atom. The molecule has 0 bridgehead atoms. The summed E-state index contributed by atoms with van der Waals surface area (Å²) in [5.41, 5.74) is 3.51. The number of halogens is 3. The van der Waals surface area contributed by atoms with E-state index in [1.54, 1.807) is 18.2 Å². The summed E-state index contributed by atoms with van der Waals surface area (Å²) in [6.45, 7) is 5.63. The molecule has 3 rings (SSSR count). The minimum Gasteiger partial charge on any atom is -0.493 e. The molecule has 0 aliphatic heterocycles. The molecule has 0 saturated carbocycles. The van der Waals surface area contributed by atoms with Crippen molar-refractivity contribution >= 4 is 17.7 Å². The standard InChI is InChI=1S/C28H25F3N2O3/c1-17-10-18(2)26(19(3)11-17)33-27(34)22(15-32)12-20-8-9-24(25(14-20)35-4)36-16-21-6-5-7-23(13-21)28(29,30)31/h5-14H,16H2,1-4H3,(H,33,34). The zero-order valence-electron chi connectivity index (χ0n) is 20.3. The maximum Gasteiger partial charge on any atom is 0.416 e. The summed E-state index contributed by atoms with van der Waals surface area (Å²) < 4.78 is 49.9. The lowest BCUT2D eigenvalue weighted by molar-refractivity contribution is -0.137. The van der Waals surface area contributed by atoms with Crippen molar-refractivity contribution in [3.05, 3.63) is 93.6 Å². The van der Waals surface area contributed by atoms with Gasteiger partial charge in [0, 0.05) is 5.69 Å². The fourth-order valence-corrected chi connectivity index (χ4v) is 3.77. The molecule has 0 unspecified atom stereocenters. The maximum absolute atomic E-state index is 12.9. The molecule has 5 nitrogen and oxygen atoms in total. The third kappa shape index (κ3) is 6.45. The highest BCUT2D eigenvalue weighted by Gasteiger charge is 2.30. The van der Waals surface area contributed by atoms with Crippen molar-refractivity contribution in [2.45, 2.75) is 33.6 Å². The van der Waals surface area contributed by atoms with Crippen LogP contribution in [0.1, 0.15) is 33.4 Å². The molecule has 0 spiro atoms. The van der Waals surface area contributed by atoms with E-state index in [1.165, 1.54) is 25.3 Å². The molecule has 0 atom stereocenters. The van der Waals surface area contributed by atoms with Crippen LogP contribution in [0, 0.1) is 32.1 Å². The molecule has 1 N–H and O–H groups in total. The number of benzene rings is 3. The number of nitrogens with one attached hydrogen (secondary N) is 1. The van der Waals surface area contributed by atoms with Crippen molar-refractivity contribution in [3.8, 4) is 17.6 Å². The lowest BCUT2D eigenvalue weighted by atomic mass is 10.0. The van der Waals surface area contributed by atoms with Crippen LogP contribution in [0.15, 0.2) is 60.2 Å². The van der Waals surface area contributed by atoms with Crippen LogP contribution in [0.2, 0.25) is 0 Å². The Bertz CT molecular complexity index is 1330. The molecule has 0 aliphatic carbocycles. The van der Waals surface area contributed by atoms with E-state index < -0.39 is 17.6 Å². The molecule has 0 fully saturated rings. The zero-order chi connectivity index (χ0) is 26.5. The lowest BCUT2D eigenvalue weighted by Crippen LogP contribution is -2.15. The fourth-order valence-electron chi connectivity index (χ4n) is 3.77. The van der Waals surface area contributed by atoms with Gasteiger partial charge < -0.3 is 14.8 Å². The first-order valence-electron chi connectivity index (χ1n) is 11.0. The quantitative estimate of drug-likeness (QED) is 0.291. The largest absolute Gasteiger partial charge is 0.493 e. The monoisotopic (exact) mass is 494 g/mol. The van der Waals surface area contributed by atoms with E-state index in [9.17, 15) is 23.2 Å². The number of amides is 1. The summed E-state index contributed by atoms with van der Waals surface area (Å²) >= 11 is 0. The molecule has 0 saturated heterocycles. The summed E-state index contributed by atoms with van der Waals surface area (Å²) in [6.07, 6.45) is -3.02. The number of methoxy groups -OCH3 is 1. The fraction of sp³-hybridized carbons (Fsp3) is 0.214. The minimum absolute atomic E-state index is 0.101. The highest BCUT2D eigenvalue weighted by molar-refractivity contribution is 6.10. The summed E-state index contributed by atoms with van der Waals surface area (Å²) in [7, 11) is 1.42. The molecule has 3 aromatic carbocycles. The highest BCUT2D eigenvalue weighted by Crippen LogP contribution is 2.32. The van der Waals surface area contributed by atoms with Gasteiger partial charge >= 0.3 is 6.18 Å². The molecule has 36 heavy (non-hydrogen) atoms. The molecule has 0 radical (unpaired) electrons. The highest BCUT2D eigenvalue weighted by atomic mass is 19.4. The molecule has 0 heterocycles. The molecule has 0 aromatic heterocycles. The van der Waals surface area contributed by atoms with Gasteiger partial charge in [-0.2, -0.15) is 18.4 Å². The normalized spacial score (nSPS) is 11.6. The van der Waals surface area contributed by atoms with Gasteiger partial charge in [-0.15, -0.1) is 0 Å². The van der Waals surface area contributed by atoms with E-state index in [-0.39, 0.29) is 12.2 Å². The molecule has 3 aromatic rings. The van der Waals surface area contributed by atoms with E-state index in [2.05, 4.69) is 5.32 Å². The average Bonchev–Trinajstić information content (AvgIpc) is 2.83. The number of aryl methyl sites for hydroxylation is 3. The van der Waals surface area contributed by atoms with Crippen molar-refractivity contribution < 1.29 is 27.4 Å². The lowest BCUT2D eigenvalue weighted by Gasteiger charge is -2.13. The van der Waals surface area contributed by atoms with Crippen molar-refractivity contribution in [1.29, 1.82) is 5.26 Å². The number of ether oxygens (including phenoxy) is 2. The van der Waals surface area contributed by atoms with Gasteiger partial charge in [-0.25, -0.2) is 0 Å². The van der Waals surface area contributed by atoms with Gasteiger partial charge in [0.25, 0.3) is 5.91 Å². The third-order valence-electron chi connectivity index (χ3n) is 5.43. The second-order valence-electron chi connectivity index (χ2n) is 8.29. The van der Waals surface area contributed by atoms with Crippen molar-refractivity contribution in [3.63, 3.8) is 0 Å². The van der Waals surface area contributed by atoms with E-state index in [1.807, 2.05) is 39.0 Å². The Morgan fingerprint density at radius 3 is 2.33 bits per heavy atom. The first-order valence-corrected chi connectivity index (χ1v) is 11.0. The summed E-state index contributed by atoms with van der Waals surface area (Å²) in [5.74, 6) is 0.0657. The number of rotatable bonds is 7. The van der Waals surface area contributed by atoms with Crippen LogP contribution in [-0.2, 0) is 17.6 Å². The summed E-state index contributed by atoms with van der Waals surface area (Å²) in [5, 5.41) is 12.4. The molecule has 186 valence electrons. The Labute approximate surface area is 207 Å². The van der Waals surface area contributed by atoms with Crippen LogP contribution in [0.25, 0.3) is 6.08 Å². The SMILES string of the molecule is COc1cc(C=C(C#N)C(=O)Nc2c(C)cc(C)cc2C)ccc1OCc1cccc(C(F)(F)F)c1. The second kappa shape index (κ2) is 11.0. The molecule has 8 heteroatoms. The number of alkyl halides is 3. The van der Waals surface area contributed by atoms with E-state index >= 15 is 0 Å². The predicted octanol–water partition coefficient (Wildman–Crippen LogP) is 6.76. The van der Waals surface area contributed by atoms with Gasteiger partial charge in [-0.05, 0) is 73.4 Å². The van der Waals surface area contributed by atoms with E-state index in [0.717, 1.165) is 28.8 Å². The number of nitriles is 1. The van der Waals surface area contributed by atoms with Gasteiger partial charge in [0.05, 0.1) is 12.7 Å². The van der Waals surface area contributed by atoms with Crippen LogP contribution >= 0.6 is 0 Å². The average molecular weight is 495 g/mol. The zero-order valence-corrected chi connectivity index (χ0v) is 20.3.